The summed E-state index contributed by atoms with van der Waals surface area (Å²) in [5.41, 5.74) is 9.57. The largest absolute Gasteiger partial charge is 0.378 e. The van der Waals surface area contributed by atoms with Crippen molar-refractivity contribution in [2.24, 2.45) is 4.99 Å². The normalized spacial score (nSPS) is 14.0. The lowest BCUT2D eigenvalue weighted by molar-refractivity contribution is -0.384. The molecule has 1 aliphatic heterocycles. The number of nitrogens with zero attached hydrogens (tertiary/aromatic N) is 4. The molecule has 0 aliphatic carbocycles. The van der Waals surface area contributed by atoms with Crippen molar-refractivity contribution in [1.82, 2.24) is 4.68 Å². The molecule has 188 valence electrons. The van der Waals surface area contributed by atoms with E-state index < -0.39 is 0 Å². The Balaban J connectivity index is 1.51. The minimum atomic E-state index is -0.388. The molecule has 8 nitrogen and oxygen atoms in total. The predicted octanol–water partition coefficient (Wildman–Crippen LogP) is 5.72. The van der Waals surface area contributed by atoms with E-state index in [1.165, 1.54) is 17.4 Å². The summed E-state index contributed by atoms with van der Waals surface area (Å²) in [5, 5.41) is 13.3. The number of aromatic nitrogens is 1. The van der Waals surface area contributed by atoms with Gasteiger partial charge >= 0.3 is 0 Å². The molecule has 0 unspecified atom stereocenters. The van der Waals surface area contributed by atoms with Gasteiger partial charge in [-0.3, -0.25) is 15.5 Å². The molecule has 1 saturated heterocycles. The van der Waals surface area contributed by atoms with Crippen molar-refractivity contribution < 1.29 is 9.66 Å². The van der Waals surface area contributed by atoms with Gasteiger partial charge in [-0.25, -0.2) is 9.67 Å². The van der Waals surface area contributed by atoms with Gasteiger partial charge in [-0.1, -0.05) is 49.0 Å². The number of non-ortho nitro benzene ring substituents is 1. The van der Waals surface area contributed by atoms with Crippen molar-refractivity contribution in [2.45, 2.75) is 6.92 Å². The minimum Gasteiger partial charge on any atom is -0.378 e. The summed E-state index contributed by atoms with van der Waals surface area (Å²) in [6.07, 6.45) is 0. The Kier molecular flexibility index (Phi) is 7.16. The van der Waals surface area contributed by atoms with Gasteiger partial charge in [0.05, 0.1) is 35.2 Å². The van der Waals surface area contributed by atoms with E-state index in [1.54, 1.807) is 12.1 Å². The summed E-state index contributed by atoms with van der Waals surface area (Å²) in [6, 6.07) is 22.8. The number of thiazole rings is 1. The van der Waals surface area contributed by atoms with Crippen LogP contribution in [0.15, 0.2) is 89.7 Å². The zero-order valence-electron chi connectivity index (χ0n) is 20.5. The zero-order valence-corrected chi connectivity index (χ0v) is 21.3. The van der Waals surface area contributed by atoms with E-state index in [2.05, 4.69) is 29.0 Å². The zero-order chi connectivity index (χ0) is 25.8. The van der Waals surface area contributed by atoms with Crippen LogP contribution in [0.5, 0.6) is 0 Å². The number of hydrogen-bond acceptors (Lipinski definition) is 7. The molecule has 0 atom stereocenters. The average molecular weight is 514 g/mol. The first-order valence-electron chi connectivity index (χ1n) is 11.9. The van der Waals surface area contributed by atoms with Gasteiger partial charge in [-0.15, -0.1) is 11.3 Å². The molecule has 0 saturated carbocycles. The third-order valence-corrected chi connectivity index (χ3v) is 7.06. The fourth-order valence-corrected chi connectivity index (χ4v) is 5.02. The first kappa shape index (κ1) is 24.5. The number of nitro groups is 1. The Bertz CT molecular complexity index is 1500. The molecule has 4 aromatic rings. The van der Waals surface area contributed by atoms with Gasteiger partial charge in [0.15, 0.2) is 0 Å². The molecular formula is C28H27N5O3S. The molecule has 0 amide bonds. The number of benzene rings is 3. The van der Waals surface area contributed by atoms with E-state index in [0.29, 0.717) is 16.1 Å². The smallest absolute Gasteiger partial charge is 0.270 e. The monoisotopic (exact) mass is 513 g/mol. The highest BCUT2D eigenvalue weighted by molar-refractivity contribution is 7.07. The quantitative estimate of drug-likeness (QED) is 0.253. The number of hydrogen-bond donors (Lipinski definition) is 1. The molecule has 1 aromatic heterocycles. The van der Waals surface area contributed by atoms with Crippen LogP contribution in [0.3, 0.4) is 0 Å². The Morgan fingerprint density at radius 2 is 1.84 bits per heavy atom. The van der Waals surface area contributed by atoms with Gasteiger partial charge in [0, 0.05) is 41.9 Å². The number of anilines is 1. The Hall–Kier alpha value is -4.21. The van der Waals surface area contributed by atoms with E-state index >= 15 is 0 Å². The lowest BCUT2D eigenvalue weighted by Crippen LogP contribution is -2.36. The van der Waals surface area contributed by atoms with Gasteiger partial charge in [-0.2, -0.15) is 0 Å². The fraction of sp³-hybridized carbons (Fsp3) is 0.179. The molecule has 1 N–H and O–H groups in total. The van der Waals surface area contributed by atoms with Gasteiger partial charge in [0.2, 0.25) is 4.80 Å². The van der Waals surface area contributed by atoms with Crippen molar-refractivity contribution in [3.05, 3.63) is 111 Å². The Morgan fingerprint density at radius 1 is 1.08 bits per heavy atom. The molecule has 37 heavy (non-hydrogen) atoms. The molecular weight excluding hydrogens is 486 g/mol. The summed E-state index contributed by atoms with van der Waals surface area (Å²) < 4.78 is 7.30. The fourth-order valence-electron chi connectivity index (χ4n) is 4.16. The molecule has 1 fully saturated rings. The molecule has 5 rings (SSSR count). The Morgan fingerprint density at radius 3 is 2.57 bits per heavy atom. The third-order valence-electron chi connectivity index (χ3n) is 6.23. The van der Waals surface area contributed by atoms with E-state index in [1.807, 2.05) is 59.4 Å². The maximum absolute atomic E-state index is 11.4. The van der Waals surface area contributed by atoms with E-state index in [9.17, 15) is 10.1 Å². The first-order valence-corrected chi connectivity index (χ1v) is 12.8. The average Bonchev–Trinajstić information content (AvgIpc) is 3.32. The highest BCUT2D eigenvalue weighted by atomic mass is 32.1. The molecule has 0 radical (unpaired) electrons. The molecule has 1 aliphatic rings. The standard InChI is InChI=1S/C28H27N5O3S/c1-20-6-3-4-9-26(20)29-28-32(27(19-37-28)23-7-5-8-25(18-23)33(34)35)30-21(2)22-10-12-24(13-11-22)31-14-16-36-17-15-31/h3-13,18-19,30H,2,14-17H2,1H3. The predicted molar refractivity (Wildman–Crippen MR) is 149 cm³/mol. The van der Waals surface area contributed by atoms with Crippen molar-refractivity contribution in [2.75, 3.05) is 36.6 Å². The number of ether oxygens (including phenoxy) is 1. The molecule has 0 bridgehead atoms. The van der Waals surface area contributed by atoms with Gasteiger partial charge in [0.1, 0.15) is 0 Å². The van der Waals surface area contributed by atoms with Crippen LogP contribution in [0.4, 0.5) is 17.1 Å². The van der Waals surface area contributed by atoms with Gasteiger partial charge in [-0.05, 0) is 36.2 Å². The maximum Gasteiger partial charge on any atom is 0.270 e. The maximum atomic E-state index is 11.4. The van der Waals surface area contributed by atoms with Gasteiger partial charge in [0.25, 0.3) is 5.69 Å². The first-order chi connectivity index (χ1) is 18.0. The van der Waals surface area contributed by atoms with E-state index in [-0.39, 0.29) is 10.6 Å². The van der Waals surface area contributed by atoms with Crippen LogP contribution in [0.25, 0.3) is 17.0 Å². The summed E-state index contributed by atoms with van der Waals surface area (Å²) in [5.74, 6) is 0. The van der Waals surface area contributed by atoms with Crippen molar-refractivity contribution in [3.8, 4) is 11.3 Å². The topological polar surface area (TPSA) is 84.9 Å². The third kappa shape index (κ3) is 5.47. The highest BCUT2D eigenvalue weighted by Crippen LogP contribution is 2.26. The second-order valence-electron chi connectivity index (χ2n) is 8.68. The van der Waals surface area contributed by atoms with Crippen molar-refractivity contribution in [3.63, 3.8) is 0 Å². The Labute approximate surface area is 218 Å². The number of nitrogens with one attached hydrogen (secondary N) is 1. The van der Waals surface area contributed by atoms with Crippen LogP contribution < -0.4 is 15.1 Å². The molecule has 9 heteroatoms. The SMILES string of the molecule is C=C(Nn1c(-c2cccc([N+](=O)[O-])c2)csc1=Nc1ccccc1C)c1ccc(N2CCOCC2)cc1. The lowest BCUT2D eigenvalue weighted by atomic mass is 10.1. The second kappa shape index (κ2) is 10.8. The molecule has 0 spiro atoms. The van der Waals surface area contributed by atoms with Crippen LogP contribution in [0.2, 0.25) is 0 Å². The molecule has 3 aromatic carbocycles. The summed E-state index contributed by atoms with van der Waals surface area (Å²) in [6.45, 7) is 9.51. The molecule has 2 heterocycles. The number of nitro benzene ring substituents is 1. The minimum absolute atomic E-state index is 0.0326. The van der Waals surface area contributed by atoms with Crippen LogP contribution in [-0.4, -0.2) is 35.9 Å². The second-order valence-corrected chi connectivity index (χ2v) is 9.52. The van der Waals surface area contributed by atoms with Crippen LogP contribution >= 0.6 is 11.3 Å². The number of rotatable bonds is 7. The number of aryl methyl sites for hydroxylation is 1. The van der Waals surface area contributed by atoms with Crippen LogP contribution in [0, 0.1) is 17.0 Å². The number of para-hydroxylation sites is 1. The van der Waals surface area contributed by atoms with E-state index in [4.69, 9.17) is 9.73 Å². The van der Waals surface area contributed by atoms with Gasteiger partial charge < -0.3 is 9.64 Å². The summed E-state index contributed by atoms with van der Waals surface area (Å²) in [4.78, 5) is 18.9. The summed E-state index contributed by atoms with van der Waals surface area (Å²) >= 11 is 1.45. The summed E-state index contributed by atoms with van der Waals surface area (Å²) in [7, 11) is 0. The van der Waals surface area contributed by atoms with Crippen molar-refractivity contribution >= 4 is 34.1 Å². The van der Waals surface area contributed by atoms with Crippen LogP contribution in [-0.2, 0) is 4.74 Å². The lowest BCUT2D eigenvalue weighted by Gasteiger charge is -2.29. The number of morpholine rings is 1. The van der Waals surface area contributed by atoms with E-state index in [0.717, 1.165) is 54.5 Å². The highest BCUT2D eigenvalue weighted by Gasteiger charge is 2.15. The van der Waals surface area contributed by atoms with Crippen molar-refractivity contribution in [1.29, 1.82) is 0 Å². The van der Waals surface area contributed by atoms with Crippen LogP contribution in [0.1, 0.15) is 11.1 Å².